The van der Waals surface area contributed by atoms with Gasteiger partial charge in [0.05, 0.1) is 5.02 Å². The highest BCUT2D eigenvalue weighted by molar-refractivity contribution is 6.31. The van der Waals surface area contributed by atoms with Gasteiger partial charge in [0.15, 0.2) is 5.41 Å². The van der Waals surface area contributed by atoms with Crippen LogP contribution in [0.1, 0.15) is 12.0 Å². The summed E-state index contributed by atoms with van der Waals surface area (Å²) >= 11 is 5.55. The van der Waals surface area contributed by atoms with Gasteiger partial charge in [0, 0.05) is 18.2 Å². The average Bonchev–Trinajstić information content (AvgIpc) is 2.70. The lowest BCUT2D eigenvalue weighted by Crippen LogP contribution is -2.29. The van der Waals surface area contributed by atoms with Gasteiger partial charge in [-0.15, -0.1) is 0 Å². The Labute approximate surface area is 92.9 Å². The van der Waals surface area contributed by atoms with Crippen molar-refractivity contribution in [3.05, 3.63) is 28.8 Å². The van der Waals surface area contributed by atoms with E-state index in [1.807, 2.05) is 0 Å². The van der Waals surface area contributed by atoms with E-state index in [1.54, 1.807) is 0 Å². The molecular weight excluding hydrogens is 247 g/mol. The number of carboxylic acids is 1. The van der Waals surface area contributed by atoms with Crippen LogP contribution in [0.3, 0.4) is 0 Å². The molecule has 1 N–H and O–H groups in total. The molecule has 0 saturated heterocycles. The van der Waals surface area contributed by atoms with Gasteiger partial charge in [0.2, 0.25) is 5.95 Å². The van der Waals surface area contributed by atoms with E-state index in [4.69, 9.17) is 16.7 Å². The number of rotatable bonds is 2. The Bertz CT molecular complexity index is 460. The third-order valence-electron chi connectivity index (χ3n) is 2.63. The van der Waals surface area contributed by atoms with Crippen molar-refractivity contribution in [1.82, 2.24) is 4.98 Å². The summed E-state index contributed by atoms with van der Waals surface area (Å²) in [5, 5.41) is 8.45. The molecule has 1 aliphatic carbocycles. The van der Waals surface area contributed by atoms with E-state index in [1.165, 1.54) is 0 Å². The zero-order chi connectivity index (χ0) is 12.1. The standard InChI is InChI=1S/C9H5ClF3NO2/c10-4-1-2-14-6(11)5(4)8(7(15)16)3-9(8,12)13/h1-2H,3H2,(H,15,16). The van der Waals surface area contributed by atoms with E-state index in [9.17, 15) is 18.0 Å². The molecule has 3 nitrogen and oxygen atoms in total. The minimum Gasteiger partial charge on any atom is -0.480 e. The maximum Gasteiger partial charge on any atom is 0.320 e. The van der Waals surface area contributed by atoms with Gasteiger partial charge in [-0.1, -0.05) is 11.6 Å². The number of aromatic nitrogens is 1. The number of nitrogens with zero attached hydrogens (tertiary/aromatic N) is 1. The van der Waals surface area contributed by atoms with Crippen molar-refractivity contribution >= 4 is 17.6 Å². The first-order chi connectivity index (χ1) is 7.33. The Morgan fingerprint density at radius 2 is 2.12 bits per heavy atom. The molecule has 0 radical (unpaired) electrons. The minimum atomic E-state index is -3.49. The quantitative estimate of drug-likeness (QED) is 0.820. The molecule has 1 unspecified atom stereocenters. The number of hydrogen-bond donors (Lipinski definition) is 1. The van der Waals surface area contributed by atoms with Crippen molar-refractivity contribution in [2.24, 2.45) is 0 Å². The maximum atomic E-state index is 13.3. The van der Waals surface area contributed by atoms with E-state index in [-0.39, 0.29) is 5.02 Å². The molecule has 86 valence electrons. The van der Waals surface area contributed by atoms with Gasteiger partial charge in [-0.05, 0) is 6.07 Å². The fourth-order valence-corrected chi connectivity index (χ4v) is 1.99. The molecule has 1 aliphatic rings. The van der Waals surface area contributed by atoms with Gasteiger partial charge >= 0.3 is 5.97 Å². The number of carbonyl (C=O) groups is 1. The van der Waals surface area contributed by atoms with Crippen LogP contribution in [0.5, 0.6) is 0 Å². The molecule has 1 aromatic rings. The summed E-state index contributed by atoms with van der Waals surface area (Å²) in [4.78, 5) is 14.0. The number of aliphatic carboxylic acids is 1. The van der Waals surface area contributed by atoms with E-state index >= 15 is 0 Å². The van der Waals surface area contributed by atoms with Gasteiger partial charge in [-0.3, -0.25) is 4.79 Å². The first-order valence-electron chi connectivity index (χ1n) is 4.24. The van der Waals surface area contributed by atoms with Gasteiger partial charge in [-0.2, -0.15) is 4.39 Å². The van der Waals surface area contributed by atoms with Crippen molar-refractivity contribution in [3.63, 3.8) is 0 Å². The number of hydrogen-bond acceptors (Lipinski definition) is 2. The first-order valence-corrected chi connectivity index (χ1v) is 4.62. The number of alkyl halides is 2. The monoisotopic (exact) mass is 251 g/mol. The second kappa shape index (κ2) is 3.10. The highest BCUT2D eigenvalue weighted by atomic mass is 35.5. The Morgan fingerprint density at radius 3 is 2.50 bits per heavy atom. The molecule has 0 spiro atoms. The van der Waals surface area contributed by atoms with Crippen molar-refractivity contribution < 1.29 is 23.1 Å². The van der Waals surface area contributed by atoms with Crippen LogP contribution in [0, 0.1) is 5.95 Å². The normalized spacial score (nSPS) is 26.5. The average molecular weight is 252 g/mol. The Hall–Kier alpha value is -1.30. The number of pyridine rings is 1. The first kappa shape index (κ1) is 11.2. The Kier molecular flexibility index (Phi) is 2.17. The van der Waals surface area contributed by atoms with Crippen LogP contribution in [-0.2, 0) is 10.2 Å². The van der Waals surface area contributed by atoms with E-state index < -0.39 is 35.2 Å². The highest BCUT2D eigenvalue weighted by Crippen LogP contribution is 2.63. The predicted molar refractivity (Wildman–Crippen MR) is 48.1 cm³/mol. The molecule has 0 aliphatic heterocycles. The van der Waals surface area contributed by atoms with Crippen LogP contribution in [0.2, 0.25) is 5.02 Å². The second-order valence-corrected chi connectivity index (χ2v) is 3.96. The van der Waals surface area contributed by atoms with E-state index in [0.717, 1.165) is 12.3 Å². The largest absolute Gasteiger partial charge is 0.480 e. The van der Waals surface area contributed by atoms with Crippen LogP contribution in [0.25, 0.3) is 0 Å². The molecule has 1 saturated carbocycles. The van der Waals surface area contributed by atoms with Gasteiger partial charge in [0.25, 0.3) is 5.92 Å². The SMILES string of the molecule is O=C(O)C1(c2c(Cl)ccnc2F)CC1(F)F. The summed E-state index contributed by atoms with van der Waals surface area (Å²) in [6.45, 7) is 0. The van der Waals surface area contributed by atoms with E-state index in [2.05, 4.69) is 4.98 Å². The topological polar surface area (TPSA) is 50.2 Å². The van der Waals surface area contributed by atoms with Crippen LogP contribution < -0.4 is 0 Å². The maximum absolute atomic E-state index is 13.3. The zero-order valence-corrected chi connectivity index (χ0v) is 8.43. The molecule has 1 fully saturated rings. The van der Waals surface area contributed by atoms with Crippen LogP contribution in [-0.4, -0.2) is 22.0 Å². The van der Waals surface area contributed by atoms with Crippen molar-refractivity contribution in [1.29, 1.82) is 0 Å². The lowest BCUT2D eigenvalue weighted by molar-refractivity contribution is -0.143. The van der Waals surface area contributed by atoms with Crippen molar-refractivity contribution in [2.75, 3.05) is 0 Å². The summed E-state index contributed by atoms with van der Waals surface area (Å²) in [5.41, 5.74) is -3.31. The molecule has 1 atom stereocenters. The summed E-state index contributed by atoms with van der Waals surface area (Å²) in [5.74, 6) is -6.56. The predicted octanol–water partition coefficient (Wildman–Crippen LogP) is 2.24. The summed E-state index contributed by atoms with van der Waals surface area (Å²) in [6.07, 6.45) is 0.0227. The third kappa shape index (κ3) is 1.22. The van der Waals surface area contributed by atoms with Crippen LogP contribution in [0.15, 0.2) is 12.3 Å². The third-order valence-corrected chi connectivity index (χ3v) is 2.95. The zero-order valence-electron chi connectivity index (χ0n) is 7.68. The molecule has 1 heterocycles. The van der Waals surface area contributed by atoms with Crippen LogP contribution >= 0.6 is 11.6 Å². The lowest BCUT2D eigenvalue weighted by atomic mass is 9.96. The van der Waals surface area contributed by atoms with Crippen molar-refractivity contribution in [2.45, 2.75) is 17.8 Å². The lowest BCUT2D eigenvalue weighted by Gasteiger charge is -2.13. The highest BCUT2D eigenvalue weighted by Gasteiger charge is 2.79. The van der Waals surface area contributed by atoms with Crippen LogP contribution in [0.4, 0.5) is 13.2 Å². The number of halogens is 4. The van der Waals surface area contributed by atoms with E-state index in [0.29, 0.717) is 0 Å². The fourth-order valence-electron chi connectivity index (χ4n) is 1.69. The minimum absolute atomic E-state index is 0.355. The summed E-state index contributed by atoms with van der Waals surface area (Å²) < 4.78 is 39.5. The Morgan fingerprint density at radius 1 is 1.56 bits per heavy atom. The smallest absolute Gasteiger partial charge is 0.320 e. The van der Waals surface area contributed by atoms with Gasteiger partial charge in [0.1, 0.15) is 0 Å². The second-order valence-electron chi connectivity index (χ2n) is 3.55. The molecule has 7 heteroatoms. The molecule has 1 aromatic heterocycles. The molecule has 0 bridgehead atoms. The molecule has 0 amide bonds. The fraction of sp³-hybridized carbons (Fsp3) is 0.333. The summed E-state index contributed by atoms with van der Waals surface area (Å²) in [6, 6.07) is 1.08. The molecule has 16 heavy (non-hydrogen) atoms. The van der Waals surface area contributed by atoms with Crippen molar-refractivity contribution in [3.8, 4) is 0 Å². The molecular formula is C9H5ClF3NO2. The van der Waals surface area contributed by atoms with Gasteiger partial charge < -0.3 is 5.11 Å². The number of carboxylic acid groups (broad SMARTS) is 1. The molecule has 2 rings (SSSR count). The van der Waals surface area contributed by atoms with Gasteiger partial charge in [-0.25, -0.2) is 13.8 Å². The molecule has 0 aromatic carbocycles. The summed E-state index contributed by atoms with van der Waals surface area (Å²) in [7, 11) is 0. The Balaban J connectivity index is 2.64.